The molecule has 0 N–H and O–H groups in total. The minimum absolute atomic E-state index is 0.0630. The molecule has 0 aromatic carbocycles. The Morgan fingerprint density at radius 2 is 0.452 bits per heavy atom. The molecule has 0 amide bonds. The first-order valence-electron chi connectivity index (χ1n) is 33.2. The maximum Gasteiger partial charge on any atom is 0.306 e. The predicted octanol–water partition coefficient (Wildman–Crippen LogP) is 22.4. The van der Waals surface area contributed by atoms with Crippen LogP contribution in [0.3, 0.4) is 0 Å². The topological polar surface area (TPSA) is 78.9 Å². The summed E-state index contributed by atoms with van der Waals surface area (Å²) in [6.07, 6.45) is 73.6. The monoisotopic (exact) mass is 1030 g/mol. The number of carbonyl (C=O) groups excluding carboxylic acids is 3. The van der Waals surface area contributed by atoms with E-state index in [1.54, 1.807) is 0 Å². The highest BCUT2D eigenvalue weighted by molar-refractivity contribution is 5.71. The molecule has 0 fully saturated rings. The Morgan fingerprint density at radius 1 is 0.260 bits per heavy atom. The van der Waals surface area contributed by atoms with Crippen molar-refractivity contribution in [1.82, 2.24) is 0 Å². The minimum Gasteiger partial charge on any atom is -0.462 e. The molecule has 0 aliphatic heterocycles. The van der Waals surface area contributed by atoms with Crippen molar-refractivity contribution in [2.75, 3.05) is 13.2 Å². The Hall–Kier alpha value is -1.85. The van der Waals surface area contributed by atoms with Crippen molar-refractivity contribution in [3.63, 3.8) is 0 Å². The highest BCUT2D eigenvalue weighted by Crippen LogP contribution is 2.18. The molecule has 0 heterocycles. The summed E-state index contributed by atoms with van der Waals surface area (Å²) >= 11 is 0. The summed E-state index contributed by atoms with van der Waals surface area (Å²) in [7, 11) is 0. The first-order chi connectivity index (χ1) is 36.0. The lowest BCUT2D eigenvalue weighted by Gasteiger charge is -2.18. The number of esters is 3. The SMILES string of the molecule is CCCCCCCC/C=C\CCCCCCCCCCCCCC(=O)OC[C@H](COC(=O)CCCCCCCCCCCCCCCCC)OC(=O)CCCCCCCCCCCCCCCCCCCCC. The fourth-order valence-corrected chi connectivity index (χ4v) is 10.3. The van der Waals surface area contributed by atoms with Gasteiger partial charge >= 0.3 is 17.9 Å². The zero-order chi connectivity index (χ0) is 52.9. The van der Waals surface area contributed by atoms with E-state index in [9.17, 15) is 14.4 Å². The van der Waals surface area contributed by atoms with Crippen LogP contribution in [-0.2, 0) is 28.6 Å². The predicted molar refractivity (Wildman–Crippen MR) is 317 cm³/mol. The Morgan fingerprint density at radius 3 is 0.685 bits per heavy atom. The summed E-state index contributed by atoms with van der Waals surface area (Å²) < 4.78 is 17.0. The Balaban J connectivity index is 4.28. The molecule has 0 aliphatic carbocycles. The average Bonchev–Trinajstić information content (AvgIpc) is 3.39. The molecule has 0 saturated carbocycles. The maximum atomic E-state index is 12.9. The van der Waals surface area contributed by atoms with Crippen molar-refractivity contribution >= 4 is 17.9 Å². The van der Waals surface area contributed by atoms with E-state index < -0.39 is 6.10 Å². The van der Waals surface area contributed by atoms with Crippen molar-refractivity contribution in [2.24, 2.45) is 0 Å². The zero-order valence-corrected chi connectivity index (χ0v) is 49.7. The van der Waals surface area contributed by atoms with E-state index in [1.807, 2.05) is 0 Å². The molecule has 0 saturated heterocycles. The molecular weight excluding hydrogens is 901 g/mol. The van der Waals surface area contributed by atoms with Gasteiger partial charge in [0.2, 0.25) is 0 Å². The molecule has 1 atom stereocenters. The van der Waals surface area contributed by atoms with Crippen LogP contribution in [-0.4, -0.2) is 37.2 Å². The minimum atomic E-state index is -0.765. The van der Waals surface area contributed by atoms with Gasteiger partial charge in [0.25, 0.3) is 0 Å². The van der Waals surface area contributed by atoms with Gasteiger partial charge in [0.1, 0.15) is 13.2 Å². The van der Waals surface area contributed by atoms with Crippen LogP contribution in [0.2, 0.25) is 0 Å². The molecule has 0 spiro atoms. The van der Waals surface area contributed by atoms with E-state index >= 15 is 0 Å². The Bertz CT molecular complexity index is 1130. The van der Waals surface area contributed by atoms with Crippen LogP contribution in [0.25, 0.3) is 0 Å². The van der Waals surface area contributed by atoms with Crippen LogP contribution in [0.4, 0.5) is 0 Å². The molecule has 432 valence electrons. The summed E-state index contributed by atoms with van der Waals surface area (Å²) in [5.74, 6) is -0.830. The van der Waals surface area contributed by atoms with Crippen LogP contribution < -0.4 is 0 Å². The van der Waals surface area contributed by atoms with Gasteiger partial charge in [-0.25, -0.2) is 0 Å². The van der Waals surface area contributed by atoms with Gasteiger partial charge < -0.3 is 14.2 Å². The lowest BCUT2D eigenvalue weighted by atomic mass is 10.0. The molecule has 0 aromatic rings. The largest absolute Gasteiger partial charge is 0.462 e. The molecule has 0 aliphatic rings. The van der Waals surface area contributed by atoms with E-state index in [0.29, 0.717) is 19.3 Å². The van der Waals surface area contributed by atoms with E-state index in [4.69, 9.17) is 14.2 Å². The van der Waals surface area contributed by atoms with Gasteiger partial charge in [-0.3, -0.25) is 14.4 Å². The number of rotatable bonds is 62. The molecule has 6 nitrogen and oxygen atoms in total. The van der Waals surface area contributed by atoms with Gasteiger partial charge in [-0.2, -0.15) is 0 Å². The van der Waals surface area contributed by atoms with Gasteiger partial charge in [0.05, 0.1) is 0 Å². The van der Waals surface area contributed by atoms with Crippen LogP contribution in [0.15, 0.2) is 12.2 Å². The molecule has 0 unspecified atom stereocenters. The zero-order valence-electron chi connectivity index (χ0n) is 49.7. The summed E-state index contributed by atoms with van der Waals surface area (Å²) in [5.41, 5.74) is 0. The van der Waals surface area contributed by atoms with Gasteiger partial charge in [-0.15, -0.1) is 0 Å². The van der Waals surface area contributed by atoms with E-state index in [2.05, 4.69) is 32.9 Å². The van der Waals surface area contributed by atoms with Crippen molar-refractivity contribution in [3.05, 3.63) is 12.2 Å². The highest BCUT2D eigenvalue weighted by atomic mass is 16.6. The smallest absolute Gasteiger partial charge is 0.306 e. The highest BCUT2D eigenvalue weighted by Gasteiger charge is 2.19. The molecule has 0 radical (unpaired) electrons. The molecule has 0 bridgehead atoms. The first kappa shape index (κ1) is 71.2. The van der Waals surface area contributed by atoms with E-state index in [-0.39, 0.29) is 31.1 Å². The fraction of sp³-hybridized carbons (Fsp3) is 0.925. The summed E-state index contributed by atoms with van der Waals surface area (Å²) in [4.78, 5) is 38.4. The van der Waals surface area contributed by atoms with Crippen molar-refractivity contribution in [3.8, 4) is 0 Å². The molecule has 6 heteroatoms. The number of hydrogen-bond acceptors (Lipinski definition) is 6. The number of ether oxygens (including phenoxy) is 3. The Labute approximate surface area is 456 Å². The van der Waals surface area contributed by atoms with Gasteiger partial charge in [0.15, 0.2) is 6.10 Å². The average molecular weight is 1030 g/mol. The summed E-state index contributed by atoms with van der Waals surface area (Å²) in [5, 5.41) is 0. The van der Waals surface area contributed by atoms with Crippen molar-refractivity contribution < 1.29 is 28.6 Å². The van der Waals surface area contributed by atoms with Gasteiger partial charge in [-0.05, 0) is 44.9 Å². The molecular formula is C67H128O6. The summed E-state index contributed by atoms with van der Waals surface area (Å²) in [6.45, 7) is 6.72. The lowest BCUT2D eigenvalue weighted by Crippen LogP contribution is -2.30. The molecule has 0 aromatic heterocycles. The van der Waals surface area contributed by atoms with E-state index in [0.717, 1.165) is 57.8 Å². The third kappa shape index (κ3) is 60.9. The third-order valence-electron chi connectivity index (χ3n) is 15.3. The molecule has 73 heavy (non-hydrogen) atoms. The van der Waals surface area contributed by atoms with Crippen LogP contribution in [0.5, 0.6) is 0 Å². The van der Waals surface area contributed by atoms with E-state index in [1.165, 1.54) is 283 Å². The standard InChI is InChI=1S/C67H128O6/c1-4-7-10-13-16-19-22-25-28-30-32-33-35-36-39-42-45-48-51-54-57-60-66(69)72-63-64(62-71-65(68)59-56-53-50-47-44-41-38-27-24-21-18-15-12-9-6-3)73-67(70)61-58-55-52-49-46-43-40-37-34-31-29-26-23-20-17-14-11-8-5-2/h25,28,64H,4-24,26-27,29-63H2,1-3H3/b28-25-/t64-/m0/s1. The van der Waals surface area contributed by atoms with Gasteiger partial charge in [0, 0.05) is 19.3 Å². The second-order valence-corrected chi connectivity index (χ2v) is 22.7. The summed E-state index contributed by atoms with van der Waals surface area (Å²) in [6, 6.07) is 0. The van der Waals surface area contributed by atoms with Crippen LogP contribution >= 0.6 is 0 Å². The number of unbranched alkanes of at least 4 members (excludes halogenated alkanes) is 49. The fourth-order valence-electron chi connectivity index (χ4n) is 10.3. The number of carbonyl (C=O) groups is 3. The number of allylic oxidation sites excluding steroid dienone is 2. The van der Waals surface area contributed by atoms with Crippen molar-refractivity contribution in [2.45, 2.75) is 386 Å². The number of hydrogen-bond donors (Lipinski definition) is 0. The normalized spacial score (nSPS) is 12.0. The second kappa shape index (κ2) is 62.7. The third-order valence-corrected chi connectivity index (χ3v) is 15.3. The maximum absolute atomic E-state index is 12.9. The quantitative estimate of drug-likeness (QED) is 0.0261. The van der Waals surface area contributed by atoms with Crippen molar-refractivity contribution in [1.29, 1.82) is 0 Å². The molecule has 0 rings (SSSR count). The van der Waals surface area contributed by atoms with Gasteiger partial charge in [-0.1, -0.05) is 328 Å². The second-order valence-electron chi connectivity index (χ2n) is 22.7. The Kier molecular flexibility index (Phi) is 61.1. The lowest BCUT2D eigenvalue weighted by molar-refractivity contribution is -0.167. The van der Waals surface area contributed by atoms with Crippen LogP contribution in [0, 0.1) is 0 Å². The van der Waals surface area contributed by atoms with Crippen LogP contribution in [0.1, 0.15) is 380 Å². The first-order valence-corrected chi connectivity index (χ1v) is 33.2.